The van der Waals surface area contributed by atoms with Crippen molar-refractivity contribution in [1.82, 2.24) is 0 Å². The number of carbonyl (C=O) groups is 1. The van der Waals surface area contributed by atoms with Crippen molar-refractivity contribution >= 4 is 17.7 Å². The van der Waals surface area contributed by atoms with Crippen LogP contribution in [0.2, 0.25) is 0 Å². The average molecular weight is 116 g/mol. The van der Waals surface area contributed by atoms with Gasteiger partial charge in [-0.1, -0.05) is 6.08 Å². The van der Waals surface area contributed by atoms with Crippen molar-refractivity contribution in [1.29, 1.82) is 0 Å². The molecule has 1 radical (unpaired) electrons. The molecular weight excluding hydrogens is 110 g/mol. The maximum atomic E-state index is 9.99. The van der Waals surface area contributed by atoms with Gasteiger partial charge in [-0.25, -0.2) is 0 Å². The maximum Gasteiger partial charge on any atom is 0.239 e. The Morgan fingerprint density at radius 1 is 2.00 bits per heavy atom. The minimum absolute atomic E-state index is 0.463. The van der Waals surface area contributed by atoms with Crippen molar-refractivity contribution < 1.29 is 4.79 Å². The summed E-state index contributed by atoms with van der Waals surface area (Å²) in [5, 5.41) is -0.463. The quantitative estimate of drug-likeness (QED) is 0.524. The minimum Gasteiger partial charge on any atom is -0.317 e. The molecule has 0 heterocycles. The van der Waals surface area contributed by atoms with Gasteiger partial charge >= 0.3 is 0 Å². The van der Waals surface area contributed by atoms with E-state index in [9.17, 15) is 4.79 Å². The Labute approximate surface area is 47.8 Å². The molecule has 0 spiro atoms. The molecule has 0 fully saturated rings. The summed E-state index contributed by atoms with van der Waals surface area (Å²) in [4.78, 5) is 9.99. The highest BCUT2D eigenvalue weighted by atomic mass is 32.1. The molecule has 2 N–H and O–H groups in total. The predicted octanol–water partition coefficient (Wildman–Crippen LogP) is 0.224. The smallest absolute Gasteiger partial charge is 0.239 e. The van der Waals surface area contributed by atoms with Gasteiger partial charge in [0, 0.05) is 0 Å². The van der Waals surface area contributed by atoms with E-state index in [2.05, 4.69) is 19.2 Å². The van der Waals surface area contributed by atoms with Crippen molar-refractivity contribution in [3.8, 4) is 0 Å². The zero-order chi connectivity index (χ0) is 5.86. The van der Waals surface area contributed by atoms with Crippen LogP contribution in [0.3, 0.4) is 0 Å². The van der Waals surface area contributed by atoms with Gasteiger partial charge in [-0.3, -0.25) is 4.79 Å². The van der Waals surface area contributed by atoms with Gasteiger partial charge in [0.15, 0.2) is 0 Å². The lowest BCUT2D eigenvalue weighted by Crippen LogP contribution is -2.23. The van der Waals surface area contributed by atoms with Crippen molar-refractivity contribution in [2.24, 2.45) is 5.73 Å². The molecule has 39 valence electrons. The van der Waals surface area contributed by atoms with Crippen molar-refractivity contribution in [2.75, 3.05) is 0 Å². The van der Waals surface area contributed by atoms with Gasteiger partial charge < -0.3 is 5.73 Å². The van der Waals surface area contributed by atoms with Crippen LogP contribution in [0.25, 0.3) is 0 Å². The second-order valence-corrected chi connectivity index (χ2v) is 1.48. The summed E-state index contributed by atoms with van der Waals surface area (Å²) in [6.45, 7) is 3.27. The normalized spacial score (nSPS) is 12.7. The summed E-state index contributed by atoms with van der Waals surface area (Å²) in [6.07, 6.45) is 1.31. The zero-order valence-electron chi connectivity index (χ0n) is 3.76. The molecule has 0 aliphatic heterocycles. The molecule has 1 unspecified atom stereocenters. The molecule has 1 atom stereocenters. The van der Waals surface area contributed by atoms with Gasteiger partial charge in [0.2, 0.25) is 5.12 Å². The van der Waals surface area contributed by atoms with E-state index in [0.29, 0.717) is 0 Å². The monoisotopic (exact) mass is 116 g/mol. The fourth-order valence-corrected chi connectivity index (χ4v) is 0.192. The highest BCUT2D eigenvalue weighted by molar-refractivity contribution is 7.96. The SMILES string of the molecule is C=CC(N)C(=O)[S]. The Kier molecular flexibility index (Phi) is 2.55. The number of hydrogen-bond acceptors (Lipinski definition) is 2. The van der Waals surface area contributed by atoms with Gasteiger partial charge in [-0.15, -0.1) is 6.58 Å². The van der Waals surface area contributed by atoms with Crippen molar-refractivity contribution in [3.05, 3.63) is 12.7 Å². The third-order valence-electron chi connectivity index (χ3n) is 0.526. The van der Waals surface area contributed by atoms with E-state index < -0.39 is 11.2 Å². The predicted molar refractivity (Wildman–Crippen MR) is 30.8 cm³/mol. The first-order valence-electron chi connectivity index (χ1n) is 1.77. The number of rotatable bonds is 2. The summed E-state index contributed by atoms with van der Waals surface area (Å²) in [5.74, 6) is 0. The Balaban J connectivity index is 3.55. The van der Waals surface area contributed by atoms with Crippen LogP contribution in [0.5, 0.6) is 0 Å². The molecule has 0 saturated heterocycles. The summed E-state index contributed by atoms with van der Waals surface area (Å²) < 4.78 is 0. The van der Waals surface area contributed by atoms with Crippen LogP contribution in [-0.2, 0) is 4.79 Å². The molecule has 0 bridgehead atoms. The second kappa shape index (κ2) is 2.71. The molecular formula is C4H6NOS. The van der Waals surface area contributed by atoms with E-state index in [1.54, 1.807) is 0 Å². The lowest BCUT2D eigenvalue weighted by atomic mass is 10.3. The first-order valence-corrected chi connectivity index (χ1v) is 2.18. The molecule has 0 aliphatic carbocycles. The molecule has 0 aliphatic rings. The van der Waals surface area contributed by atoms with E-state index in [1.165, 1.54) is 6.08 Å². The number of hydrogen-bond donors (Lipinski definition) is 1. The lowest BCUT2D eigenvalue weighted by Gasteiger charge is -1.92. The number of carbonyl (C=O) groups excluding carboxylic acids is 1. The van der Waals surface area contributed by atoms with Gasteiger partial charge in [-0.05, 0) is 12.6 Å². The fraction of sp³-hybridized carbons (Fsp3) is 0.250. The Morgan fingerprint density at radius 3 is 2.43 bits per heavy atom. The molecule has 0 aromatic heterocycles. The Hall–Kier alpha value is -0.410. The maximum absolute atomic E-state index is 9.99. The summed E-state index contributed by atoms with van der Waals surface area (Å²) in [7, 11) is 0. The molecule has 0 saturated carbocycles. The van der Waals surface area contributed by atoms with E-state index in [0.717, 1.165) is 0 Å². The summed E-state index contributed by atoms with van der Waals surface area (Å²) in [5.41, 5.74) is 5.04. The largest absolute Gasteiger partial charge is 0.317 e. The summed E-state index contributed by atoms with van der Waals surface area (Å²) in [6, 6.07) is -0.657. The van der Waals surface area contributed by atoms with Gasteiger partial charge in [0.25, 0.3) is 0 Å². The highest BCUT2D eigenvalue weighted by Crippen LogP contribution is 1.84. The van der Waals surface area contributed by atoms with Crippen LogP contribution in [0.4, 0.5) is 0 Å². The lowest BCUT2D eigenvalue weighted by molar-refractivity contribution is -0.111. The standard InChI is InChI=1S/C4H6NOS/c1-2-3(5)4(6)7/h2-3H,1,5H2. The van der Waals surface area contributed by atoms with Crippen LogP contribution in [-0.4, -0.2) is 11.2 Å². The Morgan fingerprint density at radius 2 is 2.43 bits per heavy atom. The average Bonchev–Trinajstić information content (AvgIpc) is 1.65. The molecule has 2 nitrogen and oxygen atoms in total. The molecule has 0 aromatic rings. The minimum atomic E-state index is -0.657. The first kappa shape index (κ1) is 6.59. The van der Waals surface area contributed by atoms with Crippen LogP contribution in [0.1, 0.15) is 0 Å². The van der Waals surface area contributed by atoms with E-state index in [4.69, 9.17) is 5.73 Å². The Bertz CT molecular complexity index is 91.7. The van der Waals surface area contributed by atoms with Gasteiger partial charge in [0.05, 0.1) is 6.04 Å². The van der Waals surface area contributed by atoms with Gasteiger partial charge in [0.1, 0.15) is 0 Å². The van der Waals surface area contributed by atoms with Crippen LogP contribution in [0, 0.1) is 0 Å². The molecule has 7 heavy (non-hydrogen) atoms. The molecule has 0 aromatic carbocycles. The highest BCUT2D eigenvalue weighted by Gasteiger charge is 2.01. The fourth-order valence-electron chi connectivity index (χ4n) is 0.0962. The second-order valence-electron chi connectivity index (χ2n) is 1.08. The third kappa shape index (κ3) is 2.31. The first-order chi connectivity index (χ1) is 3.18. The van der Waals surface area contributed by atoms with Crippen LogP contribution in [0.15, 0.2) is 12.7 Å². The molecule has 0 rings (SSSR count). The molecule has 0 amide bonds. The van der Waals surface area contributed by atoms with E-state index >= 15 is 0 Å². The van der Waals surface area contributed by atoms with Crippen molar-refractivity contribution in [3.63, 3.8) is 0 Å². The summed E-state index contributed by atoms with van der Waals surface area (Å²) >= 11 is 4.17. The topological polar surface area (TPSA) is 43.1 Å². The zero-order valence-corrected chi connectivity index (χ0v) is 4.57. The van der Waals surface area contributed by atoms with E-state index in [1.807, 2.05) is 0 Å². The molecule has 3 heteroatoms. The van der Waals surface area contributed by atoms with Gasteiger partial charge in [-0.2, -0.15) is 0 Å². The van der Waals surface area contributed by atoms with Crippen molar-refractivity contribution in [2.45, 2.75) is 6.04 Å². The van der Waals surface area contributed by atoms with Crippen LogP contribution >= 0.6 is 12.6 Å². The van der Waals surface area contributed by atoms with Crippen LogP contribution < -0.4 is 5.73 Å². The number of nitrogens with two attached hydrogens (primary N) is 1. The van der Waals surface area contributed by atoms with E-state index in [-0.39, 0.29) is 0 Å². The third-order valence-corrected chi connectivity index (χ3v) is 0.798.